The van der Waals surface area contributed by atoms with Gasteiger partial charge in [0.2, 0.25) is 0 Å². The van der Waals surface area contributed by atoms with E-state index in [4.69, 9.17) is 9.47 Å². The molecule has 6 heteroatoms. The van der Waals surface area contributed by atoms with Gasteiger partial charge in [-0.1, -0.05) is 63.2 Å². The molecule has 6 nitrogen and oxygen atoms in total. The summed E-state index contributed by atoms with van der Waals surface area (Å²) < 4.78 is 10.9. The number of hydrogen-bond acceptors (Lipinski definition) is 5. The SMILES string of the molecule is CC1(C)CC(O)=C(C(c2cccc(NC(=O)OCc3ccccc3)c2)C(C)(C)C)C(=O)O1. The van der Waals surface area contributed by atoms with Crippen molar-refractivity contribution in [2.75, 3.05) is 5.32 Å². The molecule has 0 radical (unpaired) electrons. The molecule has 0 bridgehead atoms. The average Bonchev–Trinajstić information content (AvgIpc) is 2.68. The summed E-state index contributed by atoms with van der Waals surface area (Å²) in [6, 6.07) is 16.7. The lowest BCUT2D eigenvalue weighted by molar-refractivity contribution is -0.155. The molecule has 2 aromatic rings. The Labute approximate surface area is 189 Å². The van der Waals surface area contributed by atoms with Crippen LogP contribution in [0, 0.1) is 5.41 Å². The van der Waals surface area contributed by atoms with E-state index in [2.05, 4.69) is 5.32 Å². The van der Waals surface area contributed by atoms with Gasteiger partial charge in [-0.2, -0.15) is 0 Å². The molecule has 0 aromatic heterocycles. The first kappa shape index (κ1) is 23.4. The van der Waals surface area contributed by atoms with Crippen LogP contribution in [-0.4, -0.2) is 22.8 Å². The van der Waals surface area contributed by atoms with Crippen LogP contribution in [0.15, 0.2) is 65.9 Å². The lowest BCUT2D eigenvalue weighted by atomic mass is 9.70. The van der Waals surface area contributed by atoms with Gasteiger partial charge < -0.3 is 14.6 Å². The van der Waals surface area contributed by atoms with Gasteiger partial charge in [0.1, 0.15) is 18.0 Å². The smallest absolute Gasteiger partial charge is 0.411 e. The van der Waals surface area contributed by atoms with Gasteiger partial charge in [-0.05, 0) is 42.5 Å². The van der Waals surface area contributed by atoms with Crippen molar-refractivity contribution in [1.82, 2.24) is 0 Å². The van der Waals surface area contributed by atoms with Crippen molar-refractivity contribution in [3.63, 3.8) is 0 Å². The molecule has 0 aliphatic carbocycles. The van der Waals surface area contributed by atoms with E-state index in [9.17, 15) is 14.7 Å². The number of aliphatic hydroxyl groups excluding tert-OH is 1. The van der Waals surface area contributed by atoms with Crippen LogP contribution in [-0.2, 0) is 20.9 Å². The summed E-state index contributed by atoms with van der Waals surface area (Å²) in [6.45, 7) is 9.71. The summed E-state index contributed by atoms with van der Waals surface area (Å²) in [5.74, 6) is -0.890. The molecular formula is C26H31NO5. The van der Waals surface area contributed by atoms with Crippen LogP contribution in [0.2, 0.25) is 0 Å². The number of ether oxygens (including phenoxy) is 2. The van der Waals surface area contributed by atoms with Crippen molar-refractivity contribution in [1.29, 1.82) is 0 Å². The minimum absolute atomic E-state index is 0.0480. The van der Waals surface area contributed by atoms with E-state index >= 15 is 0 Å². The van der Waals surface area contributed by atoms with Crippen molar-refractivity contribution in [3.8, 4) is 0 Å². The zero-order valence-electron chi connectivity index (χ0n) is 19.3. The second kappa shape index (κ2) is 9.07. The summed E-state index contributed by atoms with van der Waals surface area (Å²) in [7, 11) is 0. The van der Waals surface area contributed by atoms with E-state index in [1.165, 1.54) is 0 Å². The van der Waals surface area contributed by atoms with Gasteiger partial charge >= 0.3 is 12.1 Å². The Balaban J connectivity index is 1.83. The Kier molecular flexibility index (Phi) is 6.63. The van der Waals surface area contributed by atoms with Gasteiger partial charge in [0.15, 0.2) is 0 Å². The largest absolute Gasteiger partial charge is 0.512 e. The first-order chi connectivity index (χ1) is 15.0. The Morgan fingerprint density at radius 1 is 1.16 bits per heavy atom. The third kappa shape index (κ3) is 5.69. The molecule has 2 aromatic carbocycles. The highest BCUT2D eigenvalue weighted by Gasteiger charge is 2.42. The van der Waals surface area contributed by atoms with Crippen LogP contribution in [0.1, 0.15) is 58.1 Å². The summed E-state index contributed by atoms with van der Waals surface area (Å²) in [5.41, 5.74) is 1.34. The van der Waals surface area contributed by atoms with E-state index in [1.807, 2.05) is 57.2 Å². The predicted octanol–water partition coefficient (Wildman–Crippen LogP) is 6.10. The minimum Gasteiger partial charge on any atom is -0.512 e. The first-order valence-corrected chi connectivity index (χ1v) is 10.7. The van der Waals surface area contributed by atoms with Crippen LogP contribution in [0.4, 0.5) is 10.5 Å². The molecule has 0 saturated heterocycles. The highest BCUT2D eigenvalue weighted by atomic mass is 16.6. The molecular weight excluding hydrogens is 406 g/mol. The minimum atomic E-state index is -0.751. The average molecular weight is 438 g/mol. The molecule has 1 aliphatic heterocycles. The van der Waals surface area contributed by atoms with Crippen molar-refractivity contribution < 1.29 is 24.2 Å². The number of hydrogen-bond donors (Lipinski definition) is 2. The molecule has 3 rings (SSSR count). The van der Waals surface area contributed by atoms with E-state index in [1.54, 1.807) is 32.0 Å². The molecule has 1 aliphatic rings. The number of esters is 1. The van der Waals surface area contributed by atoms with Gasteiger partial charge in [-0.25, -0.2) is 9.59 Å². The maximum atomic E-state index is 12.8. The standard InChI is InChI=1S/C26H31NO5/c1-25(2,3)22(21-20(28)15-26(4,5)32-23(21)29)18-12-9-13-19(14-18)27-24(30)31-16-17-10-7-6-8-11-17/h6-14,22,28H,15-16H2,1-5H3,(H,27,30). The molecule has 32 heavy (non-hydrogen) atoms. The Bertz CT molecular complexity index is 1020. The Morgan fingerprint density at radius 3 is 2.47 bits per heavy atom. The maximum Gasteiger partial charge on any atom is 0.411 e. The van der Waals surface area contributed by atoms with E-state index in [0.717, 1.165) is 11.1 Å². The molecule has 0 saturated carbocycles. The van der Waals surface area contributed by atoms with Crippen LogP contribution >= 0.6 is 0 Å². The number of carbonyl (C=O) groups excluding carboxylic acids is 2. The van der Waals surface area contributed by atoms with E-state index in [0.29, 0.717) is 5.69 Å². The zero-order valence-corrected chi connectivity index (χ0v) is 19.3. The molecule has 1 atom stereocenters. The molecule has 170 valence electrons. The van der Waals surface area contributed by atoms with Crippen molar-refractivity contribution in [2.24, 2.45) is 5.41 Å². The number of amides is 1. The van der Waals surface area contributed by atoms with Crippen LogP contribution < -0.4 is 5.32 Å². The molecule has 1 amide bonds. The topological polar surface area (TPSA) is 84.9 Å². The van der Waals surface area contributed by atoms with E-state index in [-0.39, 0.29) is 24.4 Å². The van der Waals surface area contributed by atoms with Crippen molar-refractivity contribution in [3.05, 3.63) is 77.1 Å². The van der Waals surface area contributed by atoms with Crippen LogP contribution in [0.3, 0.4) is 0 Å². The zero-order chi connectivity index (χ0) is 23.5. The fraction of sp³-hybridized carbons (Fsp3) is 0.385. The number of aliphatic hydroxyl groups is 1. The Morgan fingerprint density at radius 2 is 1.84 bits per heavy atom. The highest BCUT2D eigenvalue weighted by Crippen LogP contribution is 2.45. The molecule has 1 unspecified atom stereocenters. The summed E-state index contributed by atoms with van der Waals surface area (Å²) in [4.78, 5) is 25.1. The van der Waals surface area contributed by atoms with Gasteiger partial charge in [-0.3, -0.25) is 5.32 Å². The molecule has 0 spiro atoms. The number of benzene rings is 2. The van der Waals surface area contributed by atoms with Crippen LogP contribution in [0.5, 0.6) is 0 Å². The highest BCUT2D eigenvalue weighted by molar-refractivity contribution is 5.92. The van der Waals surface area contributed by atoms with Crippen LogP contribution in [0.25, 0.3) is 0 Å². The number of anilines is 1. The number of rotatable bonds is 5. The molecule has 0 fully saturated rings. The predicted molar refractivity (Wildman–Crippen MR) is 123 cm³/mol. The third-order valence-corrected chi connectivity index (χ3v) is 5.33. The first-order valence-electron chi connectivity index (χ1n) is 10.7. The lowest BCUT2D eigenvalue weighted by Crippen LogP contribution is -2.38. The van der Waals surface area contributed by atoms with Crippen molar-refractivity contribution >= 4 is 17.7 Å². The monoisotopic (exact) mass is 437 g/mol. The van der Waals surface area contributed by atoms with Gasteiger partial charge in [0.05, 0.1) is 5.57 Å². The van der Waals surface area contributed by atoms with Gasteiger partial charge in [0, 0.05) is 18.0 Å². The fourth-order valence-electron chi connectivity index (χ4n) is 4.02. The normalized spacial score (nSPS) is 16.8. The fourth-order valence-corrected chi connectivity index (χ4v) is 4.02. The number of carbonyl (C=O) groups is 2. The summed E-state index contributed by atoms with van der Waals surface area (Å²) >= 11 is 0. The molecule has 2 N–H and O–H groups in total. The summed E-state index contributed by atoms with van der Waals surface area (Å²) in [5, 5.41) is 13.5. The lowest BCUT2D eigenvalue weighted by Gasteiger charge is -2.38. The second-order valence-corrected chi connectivity index (χ2v) is 9.80. The van der Waals surface area contributed by atoms with E-state index < -0.39 is 29.0 Å². The number of cyclic esters (lactones) is 1. The Hall–Kier alpha value is -3.28. The van der Waals surface area contributed by atoms with Gasteiger partial charge in [0.25, 0.3) is 0 Å². The third-order valence-electron chi connectivity index (χ3n) is 5.33. The second-order valence-electron chi connectivity index (χ2n) is 9.80. The van der Waals surface area contributed by atoms with Crippen molar-refractivity contribution in [2.45, 2.75) is 59.2 Å². The summed E-state index contributed by atoms with van der Waals surface area (Å²) in [6.07, 6.45) is -0.316. The number of nitrogens with one attached hydrogen (secondary N) is 1. The molecule has 1 heterocycles. The van der Waals surface area contributed by atoms with Gasteiger partial charge in [-0.15, -0.1) is 0 Å². The quantitative estimate of drug-likeness (QED) is 0.552. The maximum absolute atomic E-state index is 12.8.